The number of rotatable bonds is 3. The quantitative estimate of drug-likeness (QED) is 0.711. The molecule has 7 nitrogen and oxygen atoms in total. The van der Waals surface area contributed by atoms with Gasteiger partial charge in [0.1, 0.15) is 5.82 Å². The van der Waals surface area contributed by atoms with Crippen molar-refractivity contribution >= 4 is 23.3 Å². The second kappa shape index (κ2) is 6.83. The zero-order valence-electron chi connectivity index (χ0n) is 15.1. The fourth-order valence-electron chi connectivity index (χ4n) is 3.80. The Bertz CT molecular complexity index is 922. The predicted molar refractivity (Wildman–Crippen MR) is 106 cm³/mol. The zero-order chi connectivity index (χ0) is 18.1. The molecule has 0 N–H and O–H groups in total. The van der Waals surface area contributed by atoms with Gasteiger partial charge in [-0.2, -0.15) is 10.1 Å². The van der Waals surface area contributed by atoms with Gasteiger partial charge in [-0.15, -0.1) is 5.10 Å². The zero-order valence-corrected chi connectivity index (χ0v) is 15.1. The molecule has 2 aromatic heterocycles. The lowest BCUT2D eigenvalue weighted by Crippen LogP contribution is -2.47. The van der Waals surface area contributed by atoms with Gasteiger partial charge in [0.25, 0.3) is 5.95 Å². The Morgan fingerprint density at radius 2 is 1.56 bits per heavy atom. The molecular weight excluding hydrogens is 338 g/mol. The molecule has 0 bridgehead atoms. The van der Waals surface area contributed by atoms with Crippen LogP contribution in [-0.2, 0) is 6.42 Å². The van der Waals surface area contributed by atoms with Crippen LogP contribution in [0.4, 0.5) is 23.3 Å². The van der Waals surface area contributed by atoms with Crippen molar-refractivity contribution in [2.24, 2.45) is 0 Å². The van der Waals surface area contributed by atoms with Gasteiger partial charge in [0.15, 0.2) is 5.82 Å². The highest BCUT2D eigenvalue weighted by molar-refractivity contribution is 5.66. The van der Waals surface area contributed by atoms with Crippen LogP contribution in [0.5, 0.6) is 0 Å². The molecule has 7 heteroatoms. The van der Waals surface area contributed by atoms with Crippen molar-refractivity contribution in [3.05, 3.63) is 60.4 Å². The van der Waals surface area contributed by atoms with E-state index in [2.05, 4.69) is 60.2 Å². The summed E-state index contributed by atoms with van der Waals surface area (Å²) in [5.41, 5.74) is 2.53. The third kappa shape index (κ3) is 3.05. The molecule has 1 fully saturated rings. The average molecular weight is 359 g/mol. The number of aromatic nitrogens is 4. The van der Waals surface area contributed by atoms with Crippen molar-refractivity contribution < 1.29 is 0 Å². The number of fused-ring (bicyclic) bond motifs is 1. The number of anilines is 4. The fourth-order valence-corrected chi connectivity index (χ4v) is 3.80. The van der Waals surface area contributed by atoms with Crippen LogP contribution in [0.2, 0.25) is 0 Å². The van der Waals surface area contributed by atoms with E-state index in [9.17, 15) is 0 Å². The maximum atomic E-state index is 4.82. The first-order valence-electron chi connectivity index (χ1n) is 9.34. The van der Waals surface area contributed by atoms with Gasteiger partial charge in [0.2, 0.25) is 0 Å². The summed E-state index contributed by atoms with van der Waals surface area (Å²) in [6.07, 6.45) is 4.63. The normalized spacial score (nSPS) is 16.5. The molecular formula is C20H21N7. The molecule has 0 amide bonds. The molecule has 3 aromatic rings. The van der Waals surface area contributed by atoms with E-state index >= 15 is 0 Å². The van der Waals surface area contributed by atoms with Crippen molar-refractivity contribution in [1.82, 2.24) is 20.2 Å². The molecule has 0 saturated carbocycles. The Kier molecular flexibility index (Phi) is 4.04. The Morgan fingerprint density at radius 3 is 2.37 bits per heavy atom. The molecule has 2 aliphatic rings. The summed E-state index contributed by atoms with van der Waals surface area (Å²) in [7, 11) is 0. The minimum absolute atomic E-state index is 0.685. The lowest BCUT2D eigenvalue weighted by atomic mass is 10.2. The Hall–Kier alpha value is -3.22. The van der Waals surface area contributed by atoms with Crippen LogP contribution >= 0.6 is 0 Å². The minimum Gasteiger partial charge on any atom is -0.353 e. The molecule has 0 radical (unpaired) electrons. The van der Waals surface area contributed by atoms with E-state index in [0.29, 0.717) is 5.95 Å². The topological polar surface area (TPSA) is 61.3 Å². The maximum absolute atomic E-state index is 4.82. The SMILES string of the molecule is c1ccc(N2CCN(c3cnnc(N4CCc5ccccc54)n3)CC2)nc1. The first-order chi connectivity index (χ1) is 13.4. The number of benzene rings is 1. The molecule has 136 valence electrons. The molecule has 1 aromatic carbocycles. The van der Waals surface area contributed by atoms with Crippen molar-refractivity contribution in [3.8, 4) is 0 Å². The molecule has 1 saturated heterocycles. The summed E-state index contributed by atoms with van der Waals surface area (Å²) in [4.78, 5) is 16.0. The highest BCUT2D eigenvalue weighted by atomic mass is 15.4. The number of piperazine rings is 1. The molecule has 0 atom stereocenters. The van der Waals surface area contributed by atoms with E-state index < -0.39 is 0 Å². The van der Waals surface area contributed by atoms with Gasteiger partial charge < -0.3 is 14.7 Å². The monoisotopic (exact) mass is 359 g/mol. The number of nitrogens with zero attached hydrogens (tertiary/aromatic N) is 7. The standard InChI is InChI=1S/C20H21N7/c1-2-6-17-16(5-1)8-10-27(17)20-23-19(15-22-24-20)26-13-11-25(12-14-26)18-7-3-4-9-21-18/h1-7,9,15H,8,10-14H2. The second-order valence-electron chi connectivity index (χ2n) is 6.81. The Balaban J connectivity index is 1.32. The van der Waals surface area contributed by atoms with E-state index in [1.54, 1.807) is 6.20 Å². The summed E-state index contributed by atoms with van der Waals surface area (Å²) in [5, 5.41) is 8.53. The lowest BCUT2D eigenvalue weighted by molar-refractivity contribution is 0.638. The highest BCUT2D eigenvalue weighted by Gasteiger charge is 2.24. The van der Waals surface area contributed by atoms with Crippen LogP contribution < -0.4 is 14.7 Å². The van der Waals surface area contributed by atoms with E-state index in [0.717, 1.165) is 50.8 Å². The number of hydrogen-bond acceptors (Lipinski definition) is 7. The third-order valence-corrected chi connectivity index (χ3v) is 5.24. The van der Waals surface area contributed by atoms with Crippen LogP contribution in [0.25, 0.3) is 0 Å². The van der Waals surface area contributed by atoms with Gasteiger partial charge >= 0.3 is 0 Å². The lowest BCUT2D eigenvalue weighted by Gasteiger charge is -2.36. The summed E-state index contributed by atoms with van der Waals surface area (Å²) < 4.78 is 0. The Labute approximate surface area is 158 Å². The first kappa shape index (κ1) is 16.0. The molecule has 0 spiro atoms. The van der Waals surface area contributed by atoms with E-state index in [4.69, 9.17) is 4.98 Å². The molecule has 27 heavy (non-hydrogen) atoms. The maximum Gasteiger partial charge on any atom is 0.251 e. The van der Waals surface area contributed by atoms with Crippen molar-refractivity contribution in [3.63, 3.8) is 0 Å². The highest BCUT2D eigenvalue weighted by Crippen LogP contribution is 2.32. The van der Waals surface area contributed by atoms with Crippen molar-refractivity contribution in [1.29, 1.82) is 0 Å². The smallest absolute Gasteiger partial charge is 0.251 e. The molecule has 4 heterocycles. The Morgan fingerprint density at radius 1 is 0.778 bits per heavy atom. The van der Waals surface area contributed by atoms with Crippen LogP contribution in [0.1, 0.15) is 5.56 Å². The summed E-state index contributed by atoms with van der Waals surface area (Å²) in [5.74, 6) is 2.61. The van der Waals surface area contributed by atoms with Crippen molar-refractivity contribution in [2.45, 2.75) is 6.42 Å². The van der Waals surface area contributed by atoms with Gasteiger partial charge in [-0.25, -0.2) is 4.98 Å². The van der Waals surface area contributed by atoms with E-state index in [1.807, 2.05) is 18.3 Å². The van der Waals surface area contributed by atoms with E-state index in [1.165, 1.54) is 11.3 Å². The minimum atomic E-state index is 0.685. The van der Waals surface area contributed by atoms with Gasteiger partial charge in [0, 0.05) is 44.6 Å². The van der Waals surface area contributed by atoms with Crippen molar-refractivity contribution in [2.75, 3.05) is 47.4 Å². The predicted octanol–water partition coefficient (Wildman–Crippen LogP) is 2.29. The molecule has 0 aliphatic carbocycles. The van der Waals surface area contributed by atoms with Gasteiger partial charge in [-0.05, 0) is 30.2 Å². The number of pyridine rings is 1. The average Bonchev–Trinajstić information content (AvgIpc) is 3.19. The summed E-state index contributed by atoms with van der Waals surface area (Å²) in [6.45, 7) is 4.53. The number of hydrogen-bond donors (Lipinski definition) is 0. The van der Waals surface area contributed by atoms with Crippen LogP contribution in [0, 0.1) is 0 Å². The second-order valence-corrected chi connectivity index (χ2v) is 6.81. The third-order valence-electron chi connectivity index (χ3n) is 5.24. The summed E-state index contributed by atoms with van der Waals surface area (Å²) in [6, 6.07) is 14.5. The van der Waals surface area contributed by atoms with Gasteiger partial charge in [-0.3, -0.25) is 0 Å². The summed E-state index contributed by atoms with van der Waals surface area (Å²) >= 11 is 0. The largest absolute Gasteiger partial charge is 0.353 e. The first-order valence-corrected chi connectivity index (χ1v) is 9.34. The molecule has 5 rings (SSSR count). The van der Waals surface area contributed by atoms with Crippen LogP contribution in [0.15, 0.2) is 54.9 Å². The van der Waals surface area contributed by atoms with Crippen LogP contribution in [0.3, 0.4) is 0 Å². The van der Waals surface area contributed by atoms with Gasteiger partial charge in [0.05, 0.1) is 6.20 Å². The van der Waals surface area contributed by atoms with Crippen LogP contribution in [-0.4, -0.2) is 52.9 Å². The van der Waals surface area contributed by atoms with E-state index in [-0.39, 0.29) is 0 Å². The molecule has 0 unspecified atom stereocenters. The number of para-hydroxylation sites is 1. The molecule has 2 aliphatic heterocycles. The van der Waals surface area contributed by atoms with Gasteiger partial charge in [-0.1, -0.05) is 24.3 Å². The fraction of sp³-hybridized carbons (Fsp3) is 0.300.